The zero-order valence-electron chi connectivity index (χ0n) is 14.3. The van der Waals surface area contributed by atoms with Crippen molar-refractivity contribution in [2.75, 3.05) is 22.4 Å². The van der Waals surface area contributed by atoms with E-state index in [4.69, 9.17) is 4.74 Å². The number of sulfone groups is 1. The molecule has 1 amide bonds. The molecule has 0 saturated carbocycles. The lowest BCUT2D eigenvalue weighted by atomic mass is 10.2. The average Bonchev–Trinajstić information content (AvgIpc) is 2.62. The molecule has 0 bridgehead atoms. The molecule has 28 heavy (non-hydrogen) atoms. The molecule has 0 radical (unpaired) electrons. The van der Waals surface area contributed by atoms with E-state index in [1.807, 2.05) is 4.72 Å². The van der Waals surface area contributed by atoms with E-state index in [0.717, 1.165) is 24.3 Å². The standard InChI is InChI=1S/C16H14F2N2O6S2/c1-2-27(22,23)10-6-13-16(26-8-15(21)19-13)14(7-10)28(24,25)20-12-4-3-9(17)5-11(12)18/h3-7,20H,2,8H2,1H3,(H,19,21). The van der Waals surface area contributed by atoms with Crippen LogP contribution in [0.15, 0.2) is 40.1 Å². The first kappa shape index (κ1) is 20.0. The molecule has 0 aromatic heterocycles. The summed E-state index contributed by atoms with van der Waals surface area (Å²) < 4.78 is 84.1. The smallest absolute Gasteiger partial charge is 0.265 e. The van der Waals surface area contributed by atoms with Crippen LogP contribution in [0.2, 0.25) is 0 Å². The number of hydrogen-bond donors (Lipinski definition) is 2. The lowest BCUT2D eigenvalue weighted by Gasteiger charge is -2.22. The highest BCUT2D eigenvalue weighted by Crippen LogP contribution is 2.38. The summed E-state index contributed by atoms with van der Waals surface area (Å²) in [4.78, 5) is 10.6. The summed E-state index contributed by atoms with van der Waals surface area (Å²) in [7, 11) is -8.39. The average molecular weight is 432 g/mol. The summed E-state index contributed by atoms with van der Waals surface area (Å²) in [6, 6.07) is 4.17. The molecule has 0 fully saturated rings. The van der Waals surface area contributed by atoms with Gasteiger partial charge in [0.1, 0.15) is 16.5 Å². The number of ether oxygens (including phenoxy) is 1. The predicted molar refractivity (Wildman–Crippen MR) is 95.5 cm³/mol. The van der Waals surface area contributed by atoms with Crippen LogP contribution in [0.5, 0.6) is 5.75 Å². The van der Waals surface area contributed by atoms with E-state index in [2.05, 4.69) is 5.32 Å². The van der Waals surface area contributed by atoms with Gasteiger partial charge in [-0.25, -0.2) is 25.6 Å². The van der Waals surface area contributed by atoms with E-state index in [1.54, 1.807) is 0 Å². The molecular formula is C16H14F2N2O6S2. The number of fused-ring (bicyclic) bond motifs is 1. The van der Waals surface area contributed by atoms with E-state index in [-0.39, 0.29) is 22.1 Å². The van der Waals surface area contributed by atoms with Gasteiger partial charge < -0.3 is 10.1 Å². The number of sulfonamides is 1. The number of benzene rings is 2. The number of nitrogens with one attached hydrogen (secondary N) is 2. The monoisotopic (exact) mass is 432 g/mol. The van der Waals surface area contributed by atoms with Crippen molar-refractivity contribution in [1.82, 2.24) is 0 Å². The third-order valence-electron chi connectivity index (χ3n) is 3.85. The van der Waals surface area contributed by atoms with Crippen LogP contribution < -0.4 is 14.8 Å². The summed E-state index contributed by atoms with van der Waals surface area (Å²) in [6.07, 6.45) is 0. The zero-order chi connectivity index (χ0) is 20.7. The number of amides is 1. The Labute approximate surface area is 159 Å². The Morgan fingerprint density at radius 3 is 2.50 bits per heavy atom. The molecule has 8 nitrogen and oxygen atoms in total. The molecule has 1 aliphatic rings. The van der Waals surface area contributed by atoms with Gasteiger partial charge in [0.2, 0.25) is 0 Å². The van der Waals surface area contributed by atoms with Crippen LogP contribution in [0, 0.1) is 11.6 Å². The fourth-order valence-corrected chi connectivity index (χ4v) is 4.72. The van der Waals surface area contributed by atoms with Crippen LogP contribution in [-0.4, -0.2) is 35.1 Å². The second-order valence-corrected chi connectivity index (χ2v) is 9.70. The molecule has 0 atom stereocenters. The molecule has 2 aromatic carbocycles. The Morgan fingerprint density at radius 1 is 1.14 bits per heavy atom. The molecule has 12 heteroatoms. The van der Waals surface area contributed by atoms with Crippen molar-refractivity contribution in [3.05, 3.63) is 42.0 Å². The SMILES string of the molecule is CCS(=O)(=O)c1cc2c(c(S(=O)(=O)Nc3ccc(F)cc3F)c1)OCC(=O)N2. The highest BCUT2D eigenvalue weighted by atomic mass is 32.2. The van der Waals surface area contributed by atoms with Gasteiger partial charge >= 0.3 is 0 Å². The van der Waals surface area contributed by atoms with Crippen molar-refractivity contribution in [1.29, 1.82) is 0 Å². The molecule has 0 saturated heterocycles. The number of carbonyl (C=O) groups is 1. The molecule has 0 aliphatic carbocycles. The number of rotatable bonds is 5. The van der Waals surface area contributed by atoms with Crippen LogP contribution in [0.4, 0.5) is 20.2 Å². The second kappa shape index (κ2) is 7.02. The first-order valence-electron chi connectivity index (χ1n) is 7.85. The lowest BCUT2D eigenvalue weighted by Crippen LogP contribution is -2.28. The first-order chi connectivity index (χ1) is 13.0. The van der Waals surface area contributed by atoms with Gasteiger partial charge in [0.05, 0.1) is 22.0 Å². The maximum Gasteiger partial charge on any atom is 0.265 e. The van der Waals surface area contributed by atoms with Gasteiger partial charge in [-0.05, 0) is 24.3 Å². The highest BCUT2D eigenvalue weighted by molar-refractivity contribution is 7.93. The molecule has 1 aliphatic heterocycles. The van der Waals surface area contributed by atoms with Gasteiger partial charge in [0, 0.05) is 6.07 Å². The fourth-order valence-electron chi connectivity index (χ4n) is 2.46. The maximum absolute atomic E-state index is 13.9. The lowest BCUT2D eigenvalue weighted by molar-refractivity contribution is -0.118. The fraction of sp³-hybridized carbons (Fsp3) is 0.188. The Balaban J connectivity index is 2.17. The molecule has 3 rings (SSSR count). The summed E-state index contributed by atoms with van der Waals surface area (Å²) in [5, 5.41) is 2.35. The van der Waals surface area contributed by atoms with Crippen LogP contribution in [0.3, 0.4) is 0 Å². The number of hydrogen-bond acceptors (Lipinski definition) is 6. The van der Waals surface area contributed by atoms with E-state index in [9.17, 15) is 30.4 Å². The van der Waals surface area contributed by atoms with Crippen molar-refractivity contribution in [3.63, 3.8) is 0 Å². The van der Waals surface area contributed by atoms with Crippen molar-refractivity contribution in [2.24, 2.45) is 0 Å². The topological polar surface area (TPSA) is 119 Å². The van der Waals surface area contributed by atoms with Crippen molar-refractivity contribution in [3.8, 4) is 5.75 Å². The normalized spacial score (nSPS) is 14.0. The van der Waals surface area contributed by atoms with Gasteiger partial charge in [-0.3, -0.25) is 9.52 Å². The Morgan fingerprint density at radius 2 is 1.86 bits per heavy atom. The van der Waals surface area contributed by atoms with Crippen LogP contribution in [0.25, 0.3) is 0 Å². The summed E-state index contributed by atoms with van der Waals surface area (Å²) in [5.41, 5.74) is -0.690. The molecule has 1 heterocycles. The van der Waals surface area contributed by atoms with E-state index in [0.29, 0.717) is 6.07 Å². The molecule has 150 valence electrons. The van der Waals surface area contributed by atoms with Crippen LogP contribution in [0.1, 0.15) is 6.92 Å². The molecule has 2 N–H and O–H groups in total. The second-order valence-electron chi connectivity index (χ2n) is 5.77. The maximum atomic E-state index is 13.9. The number of anilines is 2. The largest absolute Gasteiger partial charge is 0.480 e. The summed E-state index contributed by atoms with van der Waals surface area (Å²) in [6.45, 7) is 0.879. The summed E-state index contributed by atoms with van der Waals surface area (Å²) in [5.74, 6) is -3.27. The molecule has 0 spiro atoms. The Kier molecular flexibility index (Phi) is 5.02. The molecule has 2 aromatic rings. The molecule has 0 unspecified atom stereocenters. The van der Waals surface area contributed by atoms with Gasteiger partial charge in [0.25, 0.3) is 15.9 Å². The van der Waals surface area contributed by atoms with Gasteiger partial charge in [-0.1, -0.05) is 6.92 Å². The van der Waals surface area contributed by atoms with Gasteiger partial charge in [-0.15, -0.1) is 0 Å². The van der Waals surface area contributed by atoms with Crippen LogP contribution in [-0.2, 0) is 24.7 Å². The van der Waals surface area contributed by atoms with Crippen LogP contribution >= 0.6 is 0 Å². The number of carbonyl (C=O) groups excluding carboxylic acids is 1. The van der Waals surface area contributed by atoms with E-state index in [1.165, 1.54) is 6.92 Å². The van der Waals surface area contributed by atoms with Crippen molar-refractivity contribution >= 4 is 37.1 Å². The minimum Gasteiger partial charge on any atom is -0.480 e. The van der Waals surface area contributed by atoms with E-state index >= 15 is 0 Å². The van der Waals surface area contributed by atoms with Crippen molar-refractivity contribution in [2.45, 2.75) is 16.7 Å². The van der Waals surface area contributed by atoms with Gasteiger partial charge in [0.15, 0.2) is 22.2 Å². The minimum atomic E-state index is -4.55. The first-order valence-corrected chi connectivity index (χ1v) is 11.0. The van der Waals surface area contributed by atoms with Gasteiger partial charge in [-0.2, -0.15) is 0 Å². The quantitative estimate of drug-likeness (QED) is 0.745. The summed E-state index contributed by atoms with van der Waals surface area (Å²) >= 11 is 0. The molecular weight excluding hydrogens is 418 g/mol. The van der Waals surface area contributed by atoms with Crippen molar-refractivity contribution < 1.29 is 35.1 Å². The number of halogens is 2. The third-order valence-corrected chi connectivity index (χ3v) is 6.94. The minimum absolute atomic E-state index is 0.147. The third kappa shape index (κ3) is 3.78. The van der Waals surface area contributed by atoms with E-state index < -0.39 is 54.6 Å². The Bertz CT molecular complexity index is 1180. The zero-order valence-corrected chi connectivity index (χ0v) is 16.0. The highest BCUT2D eigenvalue weighted by Gasteiger charge is 2.30. The Hall–Kier alpha value is -2.73. The predicted octanol–water partition coefficient (Wildman–Crippen LogP) is 1.89.